The highest BCUT2D eigenvalue weighted by molar-refractivity contribution is 5.91. The van der Waals surface area contributed by atoms with Crippen LogP contribution in [0.25, 0.3) is 10.9 Å². The molecule has 0 aliphatic carbocycles. The number of pyridine rings is 1. The number of benzene rings is 1. The summed E-state index contributed by atoms with van der Waals surface area (Å²) in [5, 5.41) is 0.962. The highest BCUT2D eigenvalue weighted by atomic mass is 15.2. The van der Waals surface area contributed by atoms with Crippen molar-refractivity contribution in [3.63, 3.8) is 0 Å². The Kier molecular flexibility index (Phi) is 3.16. The molecule has 2 aromatic heterocycles. The number of fused-ring (bicyclic) bond motifs is 1. The van der Waals surface area contributed by atoms with Crippen LogP contribution in [0.4, 0.5) is 11.5 Å². The SMILES string of the molecule is CN(Cc1ccncc1)c1ncnc2ccc(N)cc12. The first-order chi connectivity index (χ1) is 9.74. The molecule has 2 heterocycles. The number of nitrogen functional groups attached to an aromatic ring is 1. The molecule has 0 amide bonds. The monoisotopic (exact) mass is 265 g/mol. The number of anilines is 2. The first-order valence-corrected chi connectivity index (χ1v) is 6.34. The second-order valence-electron chi connectivity index (χ2n) is 4.69. The van der Waals surface area contributed by atoms with Gasteiger partial charge in [0.05, 0.1) is 5.52 Å². The van der Waals surface area contributed by atoms with Crippen molar-refractivity contribution in [1.29, 1.82) is 0 Å². The van der Waals surface area contributed by atoms with E-state index in [9.17, 15) is 0 Å². The van der Waals surface area contributed by atoms with Gasteiger partial charge in [-0.1, -0.05) is 0 Å². The van der Waals surface area contributed by atoms with Crippen molar-refractivity contribution in [1.82, 2.24) is 15.0 Å². The molecule has 0 aliphatic rings. The maximum atomic E-state index is 5.86. The molecule has 1 aromatic carbocycles. The lowest BCUT2D eigenvalue weighted by Gasteiger charge is -2.19. The van der Waals surface area contributed by atoms with Crippen LogP contribution < -0.4 is 10.6 Å². The van der Waals surface area contributed by atoms with E-state index in [0.29, 0.717) is 5.69 Å². The average Bonchev–Trinajstić information content (AvgIpc) is 2.47. The lowest BCUT2D eigenvalue weighted by atomic mass is 10.2. The van der Waals surface area contributed by atoms with E-state index in [-0.39, 0.29) is 0 Å². The van der Waals surface area contributed by atoms with E-state index in [4.69, 9.17) is 5.73 Å². The summed E-state index contributed by atoms with van der Waals surface area (Å²) in [7, 11) is 2.01. The van der Waals surface area contributed by atoms with Crippen LogP contribution in [0.3, 0.4) is 0 Å². The fourth-order valence-corrected chi connectivity index (χ4v) is 2.20. The molecule has 100 valence electrons. The zero-order valence-electron chi connectivity index (χ0n) is 11.2. The second kappa shape index (κ2) is 5.13. The van der Waals surface area contributed by atoms with Crippen molar-refractivity contribution < 1.29 is 0 Å². The highest BCUT2D eigenvalue weighted by Gasteiger charge is 2.09. The van der Waals surface area contributed by atoms with Gasteiger partial charge in [-0.2, -0.15) is 0 Å². The van der Waals surface area contributed by atoms with Gasteiger partial charge in [-0.15, -0.1) is 0 Å². The summed E-state index contributed by atoms with van der Waals surface area (Å²) in [5.74, 6) is 0.874. The molecule has 0 saturated carbocycles. The van der Waals surface area contributed by atoms with Crippen LogP contribution in [0.15, 0.2) is 49.1 Å². The van der Waals surface area contributed by atoms with Crippen LogP contribution in [0.1, 0.15) is 5.56 Å². The first-order valence-electron chi connectivity index (χ1n) is 6.34. The molecule has 20 heavy (non-hydrogen) atoms. The molecular weight excluding hydrogens is 250 g/mol. The van der Waals surface area contributed by atoms with Gasteiger partial charge in [0.25, 0.3) is 0 Å². The van der Waals surface area contributed by atoms with Crippen LogP contribution in [0.5, 0.6) is 0 Å². The van der Waals surface area contributed by atoms with Crippen LogP contribution in [-0.4, -0.2) is 22.0 Å². The number of nitrogens with zero attached hydrogens (tertiary/aromatic N) is 4. The topological polar surface area (TPSA) is 67.9 Å². The molecule has 0 spiro atoms. The van der Waals surface area contributed by atoms with E-state index in [1.54, 1.807) is 18.7 Å². The van der Waals surface area contributed by atoms with Gasteiger partial charge in [-0.3, -0.25) is 4.98 Å². The summed E-state index contributed by atoms with van der Waals surface area (Å²) >= 11 is 0. The fraction of sp³-hybridized carbons (Fsp3) is 0.133. The molecule has 0 aliphatic heterocycles. The van der Waals surface area contributed by atoms with Gasteiger partial charge in [-0.25, -0.2) is 9.97 Å². The maximum Gasteiger partial charge on any atom is 0.139 e. The Hall–Kier alpha value is -2.69. The van der Waals surface area contributed by atoms with E-state index >= 15 is 0 Å². The molecule has 5 nitrogen and oxygen atoms in total. The number of rotatable bonds is 3. The van der Waals surface area contributed by atoms with Gasteiger partial charge in [0, 0.05) is 37.1 Å². The van der Waals surface area contributed by atoms with E-state index in [1.807, 2.05) is 37.4 Å². The minimum atomic E-state index is 0.714. The van der Waals surface area contributed by atoms with Crippen molar-refractivity contribution in [3.05, 3.63) is 54.6 Å². The lowest BCUT2D eigenvalue weighted by Crippen LogP contribution is -2.18. The molecule has 2 N–H and O–H groups in total. The summed E-state index contributed by atoms with van der Waals surface area (Å²) in [5.41, 5.74) is 8.65. The van der Waals surface area contributed by atoms with Crippen molar-refractivity contribution in [2.75, 3.05) is 17.7 Å². The van der Waals surface area contributed by atoms with E-state index in [1.165, 1.54) is 5.56 Å². The van der Waals surface area contributed by atoms with Gasteiger partial charge >= 0.3 is 0 Å². The summed E-state index contributed by atoms with van der Waals surface area (Å²) in [4.78, 5) is 14.8. The molecule has 0 unspecified atom stereocenters. The Bertz CT molecular complexity index is 727. The van der Waals surface area contributed by atoms with Crippen LogP contribution in [0.2, 0.25) is 0 Å². The summed E-state index contributed by atoms with van der Waals surface area (Å²) in [6, 6.07) is 9.66. The van der Waals surface area contributed by atoms with Gasteiger partial charge < -0.3 is 10.6 Å². The van der Waals surface area contributed by atoms with Gasteiger partial charge in [0.15, 0.2) is 0 Å². The largest absolute Gasteiger partial charge is 0.399 e. The molecule has 0 bridgehead atoms. The predicted molar refractivity (Wildman–Crippen MR) is 80.3 cm³/mol. The molecule has 3 rings (SSSR count). The Labute approximate surface area is 117 Å². The Balaban J connectivity index is 1.99. The van der Waals surface area contributed by atoms with Crippen LogP contribution >= 0.6 is 0 Å². The molecular formula is C15H15N5. The Morgan fingerprint density at radius 2 is 1.90 bits per heavy atom. The third-order valence-electron chi connectivity index (χ3n) is 3.17. The number of hydrogen-bond acceptors (Lipinski definition) is 5. The second-order valence-corrected chi connectivity index (χ2v) is 4.69. The fourth-order valence-electron chi connectivity index (χ4n) is 2.20. The van der Waals surface area contributed by atoms with Crippen LogP contribution in [-0.2, 0) is 6.54 Å². The average molecular weight is 265 g/mol. The summed E-state index contributed by atoms with van der Waals surface area (Å²) in [6.45, 7) is 0.753. The maximum absolute atomic E-state index is 5.86. The van der Waals surface area contributed by atoms with E-state index < -0.39 is 0 Å². The molecule has 0 fully saturated rings. The first kappa shape index (κ1) is 12.3. The van der Waals surface area contributed by atoms with Gasteiger partial charge in [-0.05, 0) is 35.9 Å². The minimum Gasteiger partial charge on any atom is -0.399 e. The normalized spacial score (nSPS) is 10.7. The standard InChI is InChI=1S/C15H15N5/c1-20(9-11-4-6-17-7-5-11)15-13-8-12(16)2-3-14(13)18-10-19-15/h2-8,10H,9,16H2,1H3. The predicted octanol–water partition coefficient (Wildman–Crippen LogP) is 2.24. The number of aromatic nitrogens is 3. The Morgan fingerprint density at radius 1 is 1.10 bits per heavy atom. The molecule has 5 heteroatoms. The molecule has 0 radical (unpaired) electrons. The van der Waals surface area contributed by atoms with Crippen molar-refractivity contribution in [2.45, 2.75) is 6.54 Å². The zero-order chi connectivity index (χ0) is 13.9. The van der Waals surface area contributed by atoms with E-state index in [2.05, 4.69) is 19.9 Å². The number of nitrogens with two attached hydrogens (primary N) is 1. The highest BCUT2D eigenvalue weighted by Crippen LogP contribution is 2.24. The lowest BCUT2D eigenvalue weighted by molar-refractivity contribution is 0.897. The van der Waals surface area contributed by atoms with Gasteiger partial charge in [0.2, 0.25) is 0 Å². The Morgan fingerprint density at radius 3 is 2.70 bits per heavy atom. The van der Waals surface area contributed by atoms with Crippen molar-refractivity contribution >= 4 is 22.4 Å². The number of hydrogen-bond donors (Lipinski definition) is 1. The van der Waals surface area contributed by atoms with Crippen LogP contribution in [0, 0.1) is 0 Å². The molecule has 0 saturated heterocycles. The smallest absolute Gasteiger partial charge is 0.139 e. The quantitative estimate of drug-likeness (QED) is 0.736. The third-order valence-corrected chi connectivity index (χ3v) is 3.17. The van der Waals surface area contributed by atoms with Crippen molar-refractivity contribution in [3.8, 4) is 0 Å². The van der Waals surface area contributed by atoms with Gasteiger partial charge in [0.1, 0.15) is 12.1 Å². The van der Waals surface area contributed by atoms with Crippen molar-refractivity contribution in [2.24, 2.45) is 0 Å². The summed E-state index contributed by atoms with van der Waals surface area (Å²) < 4.78 is 0. The minimum absolute atomic E-state index is 0.714. The molecule has 3 aromatic rings. The third kappa shape index (κ3) is 2.38. The zero-order valence-corrected chi connectivity index (χ0v) is 11.2. The van der Waals surface area contributed by atoms with E-state index in [0.717, 1.165) is 23.3 Å². The molecule has 0 atom stereocenters. The summed E-state index contributed by atoms with van der Waals surface area (Å²) in [6.07, 6.45) is 5.16.